The predicted octanol–water partition coefficient (Wildman–Crippen LogP) is 15.7. The van der Waals surface area contributed by atoms with Gasteiger partial charge < -0.3 is 0 Å². The highest BCUT2D eigenvalue weighted by molar-refractivity contribution is 6.21. The molecule has 0 atom stereocenters. The summed E-state index contributed by atoms with van der Waals surface area (Å²) < 4.78 is 0. The van der Waals surface area contributed by atoms with Crippen LogP contribution in [-0.2, 0) is 0 Å². The number of benzene rings is 10. The Morgan fingerprint density at radius 3 is 1.11 bits per heavy atom. The van der Waals surface area contributed by atoms with Gasteiger partial charge in [0.1, 0.15) is 0 Å². The summed E-state index contributed by atoms with van der Waals surface area (Å²) in [4.78, 5) is 0. The topological polar surface area (TPSA) is 0 Å². The van der Waals surface area contributed by atoms with Gasteiger partial charge in [-0.2, -0.15) is 0 Å². The highest BCUT2D eigenvalue weighted by Gasteiger charge is 2.18. The van der Waals surface area contributed by atoms with Gasteiger partial charge in [-0.15, -0.1) is 0 Å². The molecule has 0 heterocycles. The van der Waals surface area contributed by atoms with E-state index in [2.05, 4.69) is 231 Å². The summed E-state index contributed by atoms with van der Waals surface area (Å²) >= 11 is 0. The molecule has 0 aliphatic carbocycles. The van der Waals surface area contributed by atoms with Gasteiger partial charge in [0.05, 0.1) is 0 Å². The Morgan fingerprint density at radius 1 is 0.214 bits per heavy atom. The maximum atomic E-state index is 2.37. The van der Waals surface area contributed by atoms with E-state index in [-0.39, 0.29) is 0 Å². The fourth-order valence-electron chi connectivity index (χ4n) is 8.23. The van der Waals surface area contributed by atoms with Crippen LogP contribution in [0.1, 0.15) is 11.1 Å². The molecule has 0 bridgehead atoms. The van der Waals surface area contributed by atoms with E-state index in [9.17, 15) is 0 Å². The van der Waals surface area contributed by atoms with E-state index in [0.717, 1.165) is 0 Å². The molecule has 0 saturated heterocycles. The van der Waals surface area contributed by atoms with Gasteiger partial charge in [-0.1, -0.05) is 206 Å². The molecule has 0 aliphatic heterocycles. The summed E-state index contributed by atoms with van der Waals surface area (Å²) in [6.07, 6.45) is 4.41. The van der Waals surface area contributed by atoms with Crippen LogP contribution in [0.4, 0.5) is 0 Å². The minimum atomic E-state index is 1.17. The lowest BCUT2D eigenvalue weighted by Crippen LogP contribution is -1.92. The first-order chi connectivity index (χ1) is 27.7. The quantitative estimate of drug-likeness (QED) is 0.114. The van der Waals surface area contributed by atoms with Gasteiger partial charge in [-0.05, 0) is 123 Å². The van der Waals surface area contributed by atoms with E-state index in [1.165, 1.54) is 99.1 Å². The highest BCUT2D eigenvalue weighted by Crippen LogP contribution is 2.45. The Kier molecular flexibility index (Phi) is 8.63. The smallest absolute Gasteiger partial charge is 0.00259 e. The summed E-state index contributed by atoms with van der Waals surface area (Å²) in [6.45, 7) is 0. The zero-order chi connectivity index (χ0) is 37.3. The molecule has 0 aromatic heterocycles. The molecular weight excluding hydrogens is 673 g/mol. The van der Waals surface area contributed by atoms with Crippen LogP contribution in [-0.4, -0.2) is 0 Å². The third-order valence-corrected chi connectivity index (χ3v) is 11.0. The average molecular weight is 711 g/mol. The highest BCUT2D eigenvalue weighted by atomic mass is 14.2. The third kappa shape index (κ3) is 6.38. The van der Waals surface area contributed by atoms with Gasteiger partial charge >= 0.3 is 0 Å². The molecule has 0 aliphatic rings. The fraction of sp³-hybridized carbons (Fsp3) is 0. The Hall–Kier alpha value is -7.28. The molecular formula is C56H38. The maximum Gasteiger partial charge on any atom is -0.00259 e. The van der Waals surface area contributed by atoms with Crippen molar-refractivity contribution in [3.63, 3.8) is 0 Å². The molecule has 0 spiro atoms. The molecule has 10 aromatic carbocycles. The van der Waals surface area contributed by atoms with E-state index >= 15 is 0 Å². The molecule has 262 valence electrons. The Labute approximate surface area is 328 Å². The van der Waals surface area contributed by atoms with Gasteiger partial charge in [0.25, 0.3) is 0 Å². The van der Waals surface area contributed by atoms with Crippen LogP contribution < -0.4 is 0 Å². The minimum Gasteiger partial charge on any atom is -0.0622 e. The molecule has 0 nitrogen and oxygen atoms in total. The second kappa shape index (κ2) is 14.5. The number of hydrogen-bond acceptors (Lipinski definition) is 0. The van der Waals surface area contributed by atoms with Crippen LogP contribution in [0.15, 0.2) is 218 Å². The molecule has 0 saturated carbocycles. The number of rotatable bonds is 7. The van der Waals surface area contributed by atoms with Gasteiger partial charge in [0, 0.05) is 0 Å². The van der Waals surface area contributed by atoms with E-state index in [1.807, 2.05) is 0 Å². The standard InChI is InChI=1S/C56H38/c1-3-13-41(14-4-1)48-36-49(42-15-5-2-6-16-42)38-50(37-48)56-53-21-11-9-19-51(53)55(52-20-10-12-22-54(52)56)45-31-27-40(28-32-45)24-23-39-25-29-44(30-26-39)47-34-33-43-17-7-8-18-46(43)35-47/h1-38H/b24-23+. The monoisotopic (exact) mass is 710 g/mol. The van der Waals surface area contributed by atoms with Crippen molar-refractivity contribution < 1.29 is 0 Å². The summed E-state index contributed by atoms with van der Waals surface area (Å²) in [5.41, 5.74) is 14.6. The summed E-state index contributed by atoms with van der Waals surface area (Å²) in [6, 6.07) is 79.4. The van der Waals surface area contributed by atoms with Gasteiger partial charge in [0.15, 0.2) is 0 Å². The van der Waals surface area contributed by atoms with Crippen molar-refractivity contribution in [2.75, 3.05) is 0 Å². The van der Waals surface area contributed by atoms with Gasteiger partial charge in [-0.3, -0.25) is 0 Å². The normalized spacial score (nSPS) is 11.5. The summed E-state index contributed by atoms with van der Waals surface area (Å²) in [7, 11) is 0. The number of hydrogen-bond donors (Lipinski definition) is 0. The molecule has 0 N–H and O–H groups in total. The van der Waals surface area contributed by atoms with E-state index < -0.39 is 0 Å². The van der Waals surface area contributed by atoms with E-state index in [0.29, 0.717) is 0 Å². The fourth-order valence-corrected chi connectivity index (χ4v) is 8.23. The first kappa shape index (κ1) is 33.3. The van der Waals surface area contributed by atoms with Crippen molar-refractivity contribution in [1.82, 2.24) is 0 Å². The van der Waals surface area contributed by atoms with Crippen LogP contribution >= 0.6 is 0 Å². The molecule has 0 unspecified atom stereocenters. The third-order valence-electron chi connectivity index (χ3n) is 11.0. The molecule has 10 aromatic rings. The Bertz CT molecular complexity index is 2910. The molecule has 0 radical (unpaired) electrons. The molecule has 0 fully saturated rings. The molecule has 0 heteroatoms. The first-order valence-electron chi connectivity index (χ1n) is 19.3. The Morgan fingerprint density at radius 2 is 0.589 bits per heavy atom. The van der Waals surface area contributed by atoms with Gasteiger partial charge in [-0.25, -0.2) is 0 Å². The van der Waals surface area contributed by atoms with Gasteiger partial charge in [0.2, 0.25) is 0 Å². The first-order valence-corrected chi connectivity index (χ1v) is 19.3. The van der Waals surface area contributed by atoms with Crippen molar-refractivity contribution >= 4 is 44.5 Å². The lowest BCUT2D eigenvalue weighted by atomic mass is 9.84. The van der Waals surface area contributed by atoms with Crippen molar-refractivity contribution in [3.8, 4) is 55.6 Å². The van der Waals surface area contributed by atoms with Crippen LogP contribution in [0.25, 0.3) is 100 Å². The van der Waals surface area contributed by atoms with Crippen molar-refractivity contribution in [2.24, 2.45) is 0 Å². The van der Waals surface area contributed by atoms with Crippen molar-refractivity contribution in [2.45, 2.75) is 0 Å². The average Bonchev–Trinajstić information content (AvgIpc) is 3.28. The maximum absolute atomic E-state index is 2.37. The Balaban J connectivity index is 1.02. The predicted molar refractivity (Wildman–Crippen MR) is 242 cm³/mol. The van der Waals surface area contributed by atoms with Crippen LogP contribution in [0.3, 0.4) is 0 Å². The zero-order valence-electron chi connectivity index (χ0n) is 30.9. The largest absolute Gasteiger partial charge is 0.0622 e. The van der Waals surface area contributed by atoms with Crippen LogP contribution in [0.5, 0.6) is 0 Å². The van der Waals surface area contributed by atoms with Crippen molar-refractivity contribution in [3.05, 3.63) is 230 Å². The van der Waals surface area contributed by atoms with Crippen LogP contribution in [0, 0.1) is 0 Å². The molecule has 0 amide bonds. The zero-order valence-corrected chi connectivity index (χ0v) is 30.9. The van der Waals surface area contributed by atoms with Crippen LogP contribution in [0.2, 0.25) is 0 Å². The molecule has 10 rings (SSSR count). The lowest BCUT2D eigenvalue weighted by Gasteiger charge is -2.19. The van der Waals surface area contributed by atoms with E-state index in [1.54, 1.807) is 0 Å². The van der Waals surface area contributed by atoms with Crippen molar-refractivity contribution in [1.29, 1.82) is 0 Å². The van der Waals surface area contributed by atoms with E-state index in [4.69, 9.17) is 0 Å². The SMILES string of the molecule is C(=C\c1ccc(-c2c3ccccc3c(-c3cc(-c4ccccc4)cc(-c4ccccc4)c3)c3ccccc23)cc1)/c1ccc(-c2ccc3ccccc3c2)cc1. The minimum absolute atomic E-state index is 1.17. The summed E-state index contributed by atoms with van der Waals surface area (Å²) in [5, 5.41) is 7.54. The second-order valence-electron chi connectivity index (χ2n) is 14.5. The summed E-state index contributed by atoms with van der Waals surface area (Å²) in [5.74, 6) is 0. The second-order valence-corrected chi connectivity index (χ2v) is 14.5. The number of fused-ring (bicyclic) bond motifs is 3. The molecule has 56 heavy (non-hydrogen) atoms. The lowest BCUT2D eigenvalue weighted by molar-refractivity contribution is 1.58.